The average molecular weight is 417 g/mol. The fraction of sp³-hybridized carbons (Fsp3) is 0.167. The second-order valence-corrected chi connectivity index (χ2v) is 6.96. The highest BCUT2D eigenvalue weighted by atomic mass is 79.9. The van der Waals surface area contributed by atoms with Crippen molar-refractivity contribution in [1.82, 2.24) is 14.9 Å². The molecule has 0 aliphatic heterocycles. The van der Waals surface area contributed by atoms with E-state index in [2.05, 4.69) is 31.2 Å². The summed E-state index contributed by atoms with van der Waals surface area (Å²) < 4.78 is 8.77. The van der Waals surface area contributed by atoms with Crippen molar-refractivity contribution in [1.29, 1.82) is 0 Å². The van der Waals surface area contributed by atoms with Gasteiger partial charge in [-0.25, -0.2) is 5.10 Å². The van der Waals surface area contributed by atoms with Gasteiger partial charge in [-0.05, 0) is 55.9 Å². The molecular weight excluding hydrogens is 400 g/mol. The Labute approximate surface area is 159 Å². The maximum absolute atomic E-state index is 5.75. The SMILES string of the molecule is CC(C)Oc1cccc(-c2n[nH]c(=S)n2N=Cc2cccc(Br)c2)c1. The van der Waals surface area contributed by atoms with E-state index in [1.807, 2.05) is 62.4 Å². The maximum Gasteiger partial charge on any atom is 0.216 e. The molecule has 0 saturated carbocycles. The van der Waals surface area contributed by atoms with Gasteiger partial charge in [0.1, 0.15) is 5.75 Å². The number of H-pyrrole nitrogens is 1. The standard InChI is InChI=1S/C18H17BrN4OS/c1-12(2)24-16-8-4-6-14(10-16)17-21-22-18(25)23(17)20-11-13-5-3-7-15(19)9-13/h3-12H,1-2H3,(H,22,25). The third kappa shape index (κ3) is 4.43. The summed E-state index contributed by atoms with van der Waals surface area (Å²) in [6.07, 6.45) is 1.85. The lowest BCUT2D eigenvalue weighted by Gasteiger charge is -2.10. The van der Waals surface area contributed by atoms with Crippen LogP contribution in [-0.2, 0) is 0 Å². The van der Waals surface area contributed by atoms with Gasteiger partial charge in [-0.1, -0.05) is 40.2 Å². The third-order valence-corrected chi connectivity index (χ3v) is 4.04. The number of aromatic nitrogens is 3. The van der Waals surface area contributed by atoms with Crippen LogP contribution in [0, 0.1) is 4.77 Å². The maximum atomic E-state index is 5.75. The summed E-state index contributed by atoms with van der Waals surface area (Å²) in [5.41, 5.74) is 1.83. The molecule has 128 valence electrons. The molecular formula is C18H17BrN4OS. The molecule has 1 aromatic heterocycles. The Kier molecular flexibility index (Phi) is 5.45. The highest BCUT2D eigenvalue weighted by Gasteiger charge is 2.09. The van der Waals surface area contributed by atoms with Crippen LogP contribution in [0.3, 0.4) is 0 Å². The minimum absolute atomic E-state index is 0.102. The Morgan fingerprint density at radius 3 is 2.80 bits per heavy atom. The molecule has 0 saturated heterocycles. The zero-order valence-corrected chi connectivity index (χ0v) is 16.2. The molecule has 0 fully saturated rings. The van der Waals surface area contributed by atoms with Crippen molar-refractivity contribution in [3.8, 4) is 17.1 Å². The van der Waals surface area contributed by atoms with Crippen LogP contribution in [0.5, 0.6) is 5.75 Å². The Morgan fingerprint density at radius 1 is 1.24 bits per heavy atom. The second kappa shape index (κ2) is 7.76. The molecule has 0 radical (unpaired) electrons. The molecule has 3 rings (SSSR count). The number of ether oxygens (including phenoxy) is 1. The van der Waals surface area contributed by atoms with E-state index in [1.54, 1.807) is 10.9 Å². The average Bonchev–Trinajstić information content (AvgIpc) is 2.93. The van der Waals surface area contributed by atoms with E-state index in [-0.39, 0.29) is 6.10 Å². The molecule has 2 aromatic carbocycles. The van der Waals surface area contributed by atoms with Crippen LogP contribution in [-0.4, -0.2) is 27.2 Å². The zero-order chi connectivity index (χ0) is 17.8. The summed E-state index contributed by atoms with van der Waals surface area (Å²) in [5, 5.41) is 11.6. The van der Waals surface area contributed by atoms with Gasteiger partial charge in [0, 0.05) is 10.0 Å². The number of hydrogen-bond donors (Lipinski definition) is 1. The number of nitrogens with one attached hydrogen (secondary N) is 1. The van der Waals surface area contributed by atoms with Gasteiger partial charge in [-0.2, -0.15) is 14.9 Å². The van der Waals surface area contributed by atoms with Gasteiger partial charge in [0.2, 0.25) is 4.77 Å². The number of nitrogens with zero attached hydrogens (tertiary/aromatic N) is 3. The first-order valence-electron chi connectivity index (χ1n) is 7.77. The lowest BCUT2D eigenvalue weighted by molar-refractivity contribution is 0.242. The minimum atomic E-state index is 0.102. The molecule has 0 spiro atoms. The molecule has 1 N–H and O–H groups in total. The summed E-state index contributed by atoms with van der Waals surface area (Å²) in [4.78, 5) is 0. The van der Waals surface area contributed by atoms with Crippen LogP contribution >= 0.6 is 28.1 Å². The highest BCUT2D eigenvalue weighted by molar-refractivity contribution is 9.10. The van der Waals surface area contributed by atoms with E-state index in [0.717, 1.165) is 21.3 Å². The summed E-state index contributed by atoms with van der Waals surface area (Å²) in [7, 11) is 0. The minimum Gasteiger partial charge on any atom is -0.491 e. The van der Waals surface area contributed by atoms with Crippen LogP contribution < -0.4 is 4.74 Å². The van der Waals surface area contributed by atoms with Crippen molar-refractivity contribution in [2.75, 3.05) is 0 Å². The summed E-state index contributed by atoms with van der Waals surface area (Å²) in [6, 6.07) is 15.6. The number of hydrogen-bond acceptors (Lipinski definition) is 4. The van der Waals surface area contributed by atoms with Crippen LogP contribution in [0.25, 0.3) is 11.4 Å². The predicted molar refractivity (Wildman–Crippen MR) is 106 cm³/mol. The lowest BCUT2D eigenvalue weighted by atomic mass is 10.2. The molecule has 0 aliphatic carbocycles. The Bertz CT molecular complexity index is 961. The van der Waals surface area contributed by atoms with Gasteiger partial charge in [-0.3, -0.25) is 0 Å². The summed E-state index contributed by atoms with van der Waals surface area (Å²) >= 11 is 8.76. The van der Waals surface area contributed by atoms with E-state index in [0.29, 0.717) is 10.6 Å². The second-order valence-electron chi connectivity index (χ2n) is 5.66. The molecule has 0 aliphatic rings. The van der Waals surface area contributed by atoms with Gasteiger partial charge in [0.05, 0.1) is 12.3 Å². The van der Waals surface area contributed by atoms with Crippen LogP contribution in [0.4, 0.5) is 0 Å². The molecule has 0 bridgehead atoms. The van der Waals surface area contributed by atoms with Crippen LogP contribution in [0.2, 0.25) is 0 Å². The number of halogens is 1. The molecule has 1 heterocycles. The number of benzene rings is 2. The monoisotopic (exact) mass is 416 g/mol. The summed E-state index contributed by atoms with van der Waals surface area (Å²) in [6.45, 7) is 3.98. The quantitative estimate of drug-likeness (QED) is 0.468. The van der Waals surface area contributed by atoms with E-state index in [9.17, 15) is 0 Å². The lowest BCUT2D eigenvalue weighted by Crippen LogP contribution is -2.05. The third-order valence-electron chi connectivity index (χ3n) is 3.29. The Balaban J connectivity index is 1.96. The zero-order valence-electron chi connectivity index (χ0n) is 13.8. The molecule has 0 amide bonds. The molecule has 5 nitrogen and oxygen atoms in total. The van der Waals surface area contributed by atoms with E-state index in [1.165, 1.54) is 0 Å². The molecule has 25 heavy (non-hydrogen) atoms. The van der Waals surface area contributed by atoms with Crippen molar-refractivity contribution in [2.24, 2.45) is 5.10 Å². The molecule has 0 atom stereocenters. The van der Waals surface area contributed by atoms with Gasteiger partial charge in [0.25, 0.3) is 0 Å². The van der Waals surface area contributed by atoms with E-state index < -0.39 is 0 Å². The summed E-state index contributed by atoms with van der Waals surface area (Å²) in [5.74, 6) is 1.41. The van der Waals surface area contributed by atoms with Crippen LogP contribution in [0.1, 0.15) is 19.4 Å². The molecule has 3 aromatic rings. The molecule has 0 unspecified atom stereocenters. The topological polar surface area (TPSA) is 55.2 Å². The normalized spacial score (nSPS) is 11.4. The van der Waals surface area contributed by atoms with E-state index >= 15 is 0 Å². The number of aromatic amines is 1. The fourth-order valence-corrected chi connectivity index (χ4v) is 2.87. The van der Waals surface area contributed by atoms with E-state index in [4.69, 9.17) is 17.0 Å². The molecule has 7 heteroatoms. The van der Waals surface area contributed by atoms with Crippen molar-refractivity contribution < 1.29 is 4.74 Å². The van der Waals surface area contributed by atoms with Crippen molar-refractivity contribution in [3.63, 3.8) is 0 Å². The van der Waals surface area contributed by atoms with Gasteiger partial charge >= 0.3 is 0 Å². The van der Waals surface area contributed by atoms with Crippen LogP contribution in [0.15, 0.2) is 58.1 Å². The Morgan fingerprint density at radius 2 is 2.04 bits per heavy atom. The number of rotatable bonds is 5. The smallest absolute Gasteiger partial charge is 0.216 e. The van der Waals surface area contributed by atoms with Crippen molar-refractivity contribution in [2.45, 2.75) is 20.0 Å². The first-order chi connectivity index (χ1) is 12.0. The Hall–Kier alpha value is -2.25. The van der Waals surface area contributed by atoms with Gasteiger partial charge in [0.15, 0.2) is 5.82 Å². The fourth-order valence-electron chi connectivity index (χ4n) is 2.28. The van der Waals surface area contributed by atoms with Crippen molar-refractivity contribution >= 4 is 34.4 Å². The van der Waals surface area contributed by atoms with Crippen molar-refractivity contribution in [3.05, 3.63) is 63.3 Å². The van der Waals surface area contributed by atoms with Gasteiger partial charge < -0.3 is 4.74 Å². The first kappa shape index (κ1) is 17.6. The highest BCUT2D eigenvalue weighted by Crippen LogP contribution is 2.23. The first-order valence-corrected chi connectivity index (χ1v) is 8.97. The predicted octanol–water partition coefficient (Wildman–Crippen LogP) is 5.04. The van der Waals surface area contributed by atoms with Gasteiger partial charge in [-0.15, -0.1) is 0 Å². The largest absolute Gasteiger partial charge is 0.491 e.